The first-order valence-electron chi connectivity index (χ1n) is 5.15. The highest BCUT2D eigenvalue weighted by Crippen LogP contribution is 2.30. The van der Waals surface area contributed by atoms with Crippen molar-refractivity contribution in [1.29, 1.82) is 0 Å². The molecule has 0 bridgehead atoms. The third-order valence-corrected chi connectivity index (χ3v) is 3.67. The summed E-state index contributed by atoms with van der Waals surface area (Å²) in [5, 5.41) is 8.59. The number of carboxylic acids is 1. The van der Waals surface area contributed by atoms with Gasteiger partial charge in [0, 0.05) is 11.5 Å². The van der Waals surface area contributed by atoms with Crippen molar-refractivity contribution in [2.24, 2.45) is 5.73 Å². The Morgan fingerprint density at radius 3 is 2.87 bits per heavy atom. The SMILES string of the molecule is CC1(C)CCC(CSC[C@@H](N)C(=O)O)O1. The largest absolute Gasteiger partial charge is 0.480 e. The Kier molecular flexibility index (Phi) is 4.43. The fraction of sp³-hybridized carbons (Fsp3) is 0.900. The number of nitrogens with two attached hydrogens (primary N) is 1. The van der Waals surface area contributed by atoms with Crippen molar-refractivity contribution in [1.82, 2.24) is 0 Å². The average Bonchev–Trinajstić information content (AvgIpc) is 2.45. The molecule has 1 heterocycles. The molecule has 2 atom stereocenters. The maximum absolute atomic E-state index is 10.5. The molecule has 0 spiro atoms. The number of thioether (sulfide) groups is 1. The van der Waals surface area contributed by atoms with Crippen molar-refractivity contribution >= 4 is 17.7 Å². The first-order valence-corrected chi connectivity index (χ1v) is 6.30. The van der Waals surface area contributed by atoms with Gasteiger partial charge in [-0.1, -0.05) is 0 Å². The van der Waals surface area contributed by atoms with E-state index in [2.05, 4.69) is 13.8 Å². The second kappa shape index (κ2) is 5.18. The highest BCUT2D eigenvalue weighted by Gasteiger charge is 2.31. The molecule has 1 fully saturated rings. The molecular weight excluding hydrogens is 214 g/mol. The maximum atomic E-state index is 10.5. The molecule has 5 heteroatoms. The average molecular weight is 233 g/mol. The third kappa shape index (κ3) is 4.40. The Bertz CT molecular complexity index is 233. The van der Waals surface area contributed by atoms with Crippen LogP contribution in [0, 0.1) is 0 Å². The minimum absolute atomic E-state index is 0.0137. The summed E-state index contributed by atoms with van der Waals surface area (Å²) in [6.45, 7) is 4.17. The Morgan fingerprint density at radius 1 is 1.73 bits per heavy atom. The van der Waals surface area contributed by atoms with Gasteiger partial charge in [-0.2, -0.15) is 11.8 Å². The molecule has 1 aliphatic heterocycles. The van der Waals surface area contributed by atoms with Crippen LogP contribution >= 0.6 is 11.8 Å². The van der Waals surface area contributed by atoms with Crippen LogP contribution in [-0.2, 0) is 9.53 Å². The zero-order valence-electron chi connectivity index (χ0n) is 9.23. The van der Waals surface area contributed by atoms with Crippen molar-refractivity contribution in [2.75, 3.05) is 11.5 Å². The third-order valence-electron chi connectivity index (χ3n) is 2.47. The summed E-state index contributed by atoms with van der Waals surface area (Å²) in [6.07, 6.45) is 2.39. The fourth-order valence-electron chi connectivity index (χ4n) is 1.59. The van der Waals surface area contributed by atoms with Crippen LogP contribution in [0.15, 0.2) is 0 Å². The van der Waals surface area contributed by atoms with E-state index in [-0.39, 0.29) is 11.7 Å². The quantitative estimate of drug-likeness (QED) is 0.743. The van der Waals surface area contributed by atoms with Crippen molar-refractivity contribution < 1.29 is 14.6 Å². The second-order valence-electron chi connectivity index (χ2n) is 4.52. The smallest absolute Gasteiger partial charge is 0.321 e. The number of aliphatic carboxylic acids is 1. The van der Waals surface area contributed by atoms with E-state index >= 15 is 0 Å². The molecule has 0 aromatic heterocycles. The van der Waals surface area contributed by atoms with Crippen LogP contribution in [0.1, 0.15) is 26.7 Å². The molecule has 0 saturated carbocycles. The van der Waals surface area contributed by atoms with Crippen LogP contribution in [0.5, 0.6) is 0 Å². The summed E-state index contributed by atoms with van der Waals surface area (Å²) in [5.41, 5.74) is 5.38. The predicted octanol–water partition coefficient (Wildman–Crippen LogP) is 1.09. The highest BCUT2D eigenvalue weighted by molar-refractivity contribution is 7.99. The summed E-state index contributed by atoms with van der Waals surface area (Å²) >= 11 is 1.56. The maximum Gasteiger partial charge on any atom is 0.321 e. The molecule has 1 saturated heterocycles. The van der Waals surface area contributed by atoms with Gasteiger partial charge in [-0.25, -0.2) is 0 Å². The van der Waals surface area contributed by atoms with Crippen LogP contribution in [0.3, 0.4) is 0 Å². The summed E-state index contributed by atoms with van der Waals surface area (Å²) in [7, 11) is 0. The van der Waals surface area contributed by atoms with E-state index in [4.69, 9.17) is 15.6 Å². The number of hydrogen-bond acceptors (Lipinski definition) is 4. The lowest BCUT2D eigenvalue weighted by Gasteiger charge is -2.19. The van der Waals surface area contributed by atoms with E-state index in [1.54, 1.807) is 11.8 Å². The van der Waals surface area contributed by atoms with Gasteiger partial charge in [0.15, 0.2) is 0 Å². The van der Waals surface area contributed by atoms with Gasteiger partial charge in [0.2, 0.25) is 0 Å². The molecule has 1 unspecified atom stereocenters. The van der Waals surface area contributed by atoms with Gasteiger partial charge in [-0.05, 0) is 26.7 Å². The molecule has 1 rings (SSSR count). The lowest BCUT2D eigenvalue weighted by Crippen LogP contribution is -2.33. The normalized spacial score (nSPS) is 26.5. The molecule has 3 N–H and O–H groups in total. The van der Waals surface area contributed by atoms with Gasteiger partial charge in [-0.15, -0.1) is 0 Å². The number of hydrogen-bond donors (Lipinski definition) is 2. The van der Waals surface area contributed by atoms with E-state index in [1.165, 1.54) is 0 Å². The van der Waals surface area contributed by atoms with E-state index in [1.807, 2.05) is 0 Å². The van der Waals surface area contributed by atoms with Crippen LogP contribution in [0.4, 0.5) is 0 Å². The van der Waals surface area contributed by atoms with E-state index in [9.17, 15) is 4.79 Å². The van der Waals surface area contributed by atoms with Gasteiger partial charge in [0.25, 0.3) is 0 Å². The first kappa shape index (κ1) is 12.8. The van der Waals surface area contributed by atoms with E-state index in [0.29, 0.717) is 5.75 Å². The Labute approximate surface area is 94.6 Å². The lowest BCUT2D eigenvalue weighted by atomic mass is 10.1. The van der Waals surface area contributed by atoms with Gasteiger partial charge < -0.3 is 15.6 Å². The van der Waals surface area contributed by atoms with Gasteiger partial charge in [0.1, 0.15) is 6.04 Å². The monoisotopic (exact) mass is 233 g/mol. The molecular formula is C10H19NO3S. The summed E-state index contributed by atoms with van der Waals surface area (Å²) < 4.78 is 5.78. The predicted molar refractivity (Wildman–Crippen MR) is 61.1 cm³/mol. The zero-order chi connectivity index (χ0) is 11.5. The topological polar surface area (TPSA) is 72.6 Å². The van der Waals surface area contributed by atoms with E-state index < -0.39 is 12.0 Å². The molecule has 4 nitrogen and oxygen atoms in total. The van der Waals surface area contributed by atoms with Gasteiger partial charge >= 0.3 is 5.97 Å². The molecule has 0 aromatic rings. The van der Waals surface area contributed by atoms with Crippen LogP contribution < -0.4 is 5.73 Å². The van der Waals surface area contributed by atoms with Crippen molar-refractivity contribution in [3.05, 3.63) is 0 Å². The second-order valence-corrected chi connectivity index (χ2v) is 5.60. The Morgan fingerprint density at radius 2 is 2.40 bits per heavy atom. The number of rotatable bonds is 5. The molecule has 0 amide bonds. The van der Waals surface area contributed by atoms with E-state index in [0.717, 1.165) is 18.6 Å². The standard InChI is InChI=1S/C10H19NO3S/c1-10(2)4-3-7(14-10)5-15-6-8(11)9(12)13/h7-8H,3-6,11H2,1-2H3,(H,12,13)/t7?,8-/m1/s1. The minimum Gasteiger partial charge on any atom is -0.480 e. The molecule has 0 radical (unpaired) electrons. The van der Waals surface area contributed by atoms with Crippen LogP contribution in [-0.4, -0.2) is 40.3 Å². The lowest BCUT2D eigenvalue weighted by molar-refractivity contribution is -0.137. The van der Waals surface area contributed by atoms with Crippen LogP contribution in [0.2, 0.25) is 0 Å². The summed E-state index contributed by atoms with van der Waals surface area (Å²) in [5.74, 6) is 0.357. The fourth-order valence-corrected chi connectivity index (χ4v) is 2.62. The molecule has 15 heavy (non-hydrogen) atoms. The summed E-state index contributed by atoms with van der Waals surface area (Å²) in [6, 6.07) is -0.760. The van der Waals surface area contributed by atoms with Crippen molar-refractivity contribution in [3.8, 4) is 0 Å². The molecule has 0 aromatic carbocycles. The Hall–Kier alpha value is -0.260. The van der Waals surface area contributed by atoms with Gasteiger partial charge in [-0.3, -0.25) is 4.79 Å². The van der Waals surface area contributed by atoms with Crippen LogP contribution in [0.25, 0.3) is 0 Å². The number of ether oxygens (including phenoxy) is 1. The number of carboxylic acid groups (broad SMARTS) is 1. The Balaban J connectivity index is 2.14. The number of carbonyl (C=O) groups is 1. The molecule has 1 aliphatic rings. The zero-order valence-corrected chi connectivity index (χ0v) is 10.0. The molecule has 0 aliphatic carbocycles. The van der Waals surface area contributed by atoms with Crippen molar-refractivity contribution in [3.63, 3.8) is 0 Å². The first-order chi connectivity index (χ1) is 6.91. The molecule has 88 valence electrons. The van der Waals surface area contributed by atoms with Crippen molar-refractivity contribution in [2.45, 2.75) is 44.4 Å². The summed E-state index contributed by atoms with van der Waals surface area (Å²) in [4.78, 5) is 10.5. The highest BCUT2D eigenvalue weighted by atomic mass is 32.2. The van der Waals surface area contributed by atoms with Gasteiger partial charge in [0.05, 0.1) is 11.7 Å². The minimum atomic E-state index is -0.935.